The summed E-state index contributed by atoms with van der Waals surface area (Å²) in [5, 5.41) is 8.09. The Balaban J connectivity index is 2.54. The highest BCUT2D eigenvalue weighted by Crippen LogP contribution is 2.12. The molecule has 0 aliphatic heterocycles. The zero-order valence-electron chi connectivity index (χ0n) is 9.08. The fourth-order valence-electron chi connectivity index (χ4n) is 1.58. The fourth-order valence-corrected chi connectivity index (χ4v) is 1.58. The first-order chi connectivity index (χ1) is 7.83. The second-order valence-corrected chi connectivity index (χ2v) is 3.43. The van der Waals surface area contributed by atoms with Gasteiger partial charge in [0.25, 0.3) is 5.56 Å². The minimum atomic E-state index is -0.150. The maximum absolute atomic E-state index is 11.5. The summed E-state index contributed by atoms with van der Waals surface area (Å²) in [6.45, 7) is 2.01. The summed E-state index contributed by atoms with van der Waals surface area (Å²) in [7, 11) is 0. The standard InChI is InChI=1S/C13H12N2O/c1-2-3-4-9-12-10-7-5-6-8-11(10)13(16)15-14-12/h5-8H,2,9H2,1H3,(H,15,16). The molecule has 0 bridgehead atoms. The van der Waals surface area contributed by atoms with E-state index >= 15 is 0 Å². The summed E-state index contributed by atoms with van der Waals surface area (Å²) >= 11 is 0. The summed E-state index contributed by atoms with van der Waals surface area (Å²) in [6, 6.07) is 7.45. The van der Waals surface area contributed by atoms with Crippen molar-refractivity contribution in [3.63, 3.8) is 0 Å². The molecule has 0 radical (unpaired) electrons. The minimum absolute atomic E-state index is 0.150. The summed E-state index contributed by atoms with van der Waals surface area (Å²) in [5.74, 6) is 6.02. The molecular formula is C13H12N2O. The summed E-state index contributed by atoms with van der Waals surface area (Å²) in [6.07, 6.45) is 1.41. The average molecular weight is 212 g/mol. The largest absolute Gasteiger partial charge is 0.272 e. The molecule has 0 fully saturated rings. The molecule has 0 amide bonds. The normalized spacial score (nSPS) is 9.81. The second-order valence-electron chi connectivity index (χ2n) is 3.43. The van der Waals surface area contributed by atoms with Gasteiger partial charge < -0.3 is 0 Å². The number of fused-ring (bicyclic) bond motifs is 1. The zero-order chi connectivity index (χ0) is 11.4. The van der Waals surface area contributed by atoms with Gasteiger partial charge in [-0.2, -0.15) is 5.10 Å². The van der Waals surface area contributed by atoms with Crippen molar-refractivity contribution in [3.05, 3.63) is 40.3 Å². The van der Waals surface area contributed by atoms with E-state index in [1.807, 2.05) is 25.1 Å². The summed E-state index contributed by atoms with van der Waals surface area (Å²) < 4.78 is 0. The third-order valence-electron chi connectivity index (χ3n) is 2.33. The van der Waals surface area contributed by atoms with Gasteiger partial charge in [-0.25, -0.2) is 5.10 Å². The van der Waals surface area contributed by atoms with Crippen LogP contribution < -0.4 is 5.56 Å². The van der Waals surface area contributed by atoms with Crippen molar-refractivity contribution in [2.45, 2.75) is 19.8 Å². The number of nitrogens with zero attached hydrogens (tertiary/aromatic N) is 1. The van der Waals surface area contributed by atoms with Crippen LogP contribution in [0.3, 0.4) is 0 Å². The van der Waals surface area contributed by atoms with Crippen molar-refractivity contribution in [2.24, 2.45) is 0 Å². The van der Waals surface area contributed by atoms with Crippen molar-refractivity contribution < 1.29 is 0 Å². The predicted molar refractivity (Wildman–Crippen MR) is 64.1 cm³/mol. The molecule has 0 aliphatic rings. The molecule has 1 aromatic carbocycles. The monoisotopic (exact) mass is 212 g/mol. The molecular weight excluding hydrogens is 200 g/mol. The zero-order valence-corrected chi connectivity index (χ0v) is 9.08. The maximum atomic E-state index is 11.5. The fraction of sp³-hybridized carbons (Fsp3) is 0.231. The first kappa shape index (κ1) is 10.4. The van der Waals surface area contributed by atoms with E-state index in [0.717, 1.165) is 17.5 Å². The van der Waals surface area contributed by atoms with Gasteiger partial charge in [0.05, 0.1) is 17.5 Å². The van der Waals surface area contributed by atoms with E-state index in [4.69, 9.17) is 0 Å². The van der Waals surface area contributed by atoms with Gasteiger partial charge in [-0.15, -0.1) is 5.92 Å². The number of hydrogen-bond donors (Lipinski definition) is 1. The predicted octanol–water partition coefficient (Wildman–Crippen LogP) is 1.88. The van der Waals surface area contributed by atoms with Crippen LogP contribution in [0.25, 0.3) is 10.8 Å². The highest BCUT2D eigenvalue weighted by Gasteiger charge is 2.03. The van der Waals surface area contributed by atoms with Crippen molar-refractivity contribution in [2.75, 3.05) is 0 Å². The Labute approximate surface area is 93.5 Å². The molecule has 16 heavy (non-hydrogen) atoms. The van der Waals surface area contributed by atoms with Crippen molar-refractivity contribution in [1.29, 1.82) is 0 Å². The number of rotatable bonds is 1. The smallest absolute Gasteiger partial charge is 0.267 e. The van der Waals surface area contributed by atoms with Crippen molar-refractivity contribution in [3.8, 4) is 11.8 Å². The molecule has 2 aromatic rings. The lowest BCUT2D eigenvalue weighted by molar-refractivity contribution is 0.949. The van der Waals surface area contributed by atoms with Gasteiger partial charge in [-0.1, -0.05) is 31.0 Å². The minimum Gasteiger partial charge on any atom is -0.267 e. The lowest BCUT2D eigenvalue weighted by Gasteiger charge is -2.00. The van der Waals surface area contributed by atoms with Crippen LogP contribution in [0.15, 0.2) is 29.1 Å². The van der Waals surface area contributed by atoms with E-state index in [1.54, 1.807) is 6.07 Å². The molecule has 3 heteroatoms. The Morgan fingerprint density at radius 1 is 1.25 bits per heavy atom. The highest BCUT2D eigenvalue weighted by molar-refractivity contribution is 5.83. The van der Waals surface area contributed by atoms with Gasteiger partial charge in [0.2, 0.25) is 0 Å². The molecule has 1 heterocycles. The van der Waals surface area contributed by atoms with Gasteiger partial charge in [0.1, 0.15) is 0 Å². The number of hydrogen-bond acceptors (Lipinski definition) is 2. The number of aromatic amines is 1. The van der Waals surface area contributed by atoms with E-state index in [0.29, 0.717) is 11.8 Å². The maximum Gasteiger partial charge on any atom is 0.272 e. The quantitative estimate of drug-likeness (QED) is 0.733. The van der Waals surface area contributed by atoms with Crippen LogP contribution >= 0.6 is 0 Å². The molecule has 3 nitrogen and oxygen atoms in total. The van der Waals surface area contributed by atoms with E-state index in [9.17, 15) is 4.79 Å². The molecule has 0 saturated carbocycles. The van der Waals surface area contributed by atoms with Crippen LogP contribution in [0.4, 0.5) is 0 Å². The summed E-state index contributed by atoms with van der Waals surface area (Å²) in [5.41, 5.74) is 0.680. The highest BCUT2D eigenvalue weighted by atomic mass is 16.1. The van der Waals surface area contributed by atoms with E-state index in [-0.39, 0.29) is 5.56 Å². The SMILES string of the molecule is CCC#CCc1n[nH]c(=O)c2ccccc12. The van der Waals surface area contributed by atoms with Gasteiger partial charge in [0, 0.05) is 11.8 Å². The third kappa shape index (κ3) is 1.96. The van der Waals surface area contributed by atoms with Crippen LogP contribution in [-0.2, 0) is 6.42 Å². The molecule has 1 N–H and O–H groups in total. The molecule has 2 rings (SSSR count). The van der Waals surface area contributed by atoms with E-state index < -0.39 is 0 Å². The Morgan fingerprint density at radius 2 is 2.00 bits per heavy atom. The van der Waals surface area contributed by atoms with Crippen LogP contribution in [-0.4, -0.2) is 10.2 Å². The van der Waals surface area contributed by atoms with E-state index in [1.165, 1.54) is 0 Å². The van der Waals surface area contributed by atoms with Crippen molar-refractivity contribution in [1.82, 2.24) is 10.2 Å². The lowest BCUT2D eigenvalue weighted by atomic mass is 10.1. The van der Waals surface area contributed by atoms with Gasteiger partial charge in [0.15, 0.2) is 0 Å². The average Bonchev–Trinajstić information content (AvgIpc) is 2.33. The van der Waals surface area contributed by atoms with Crippen molar-refractivity contribution >= 4 is 10.8 Å². The number of nitrogens with one attached hydrogen (secondary N) is 1. The molecule has 0 spiro atoms. The van der Waals surface area contributed by atoms with E-state index in [2.05, 4.69) is 22.0 Å². The third-order valence-corrected chi connectivity index (χ3v) is 2.33. The molecule has 80 valence electrons. The molecule has 1 aromatic heterocycles. The molecule has 0 saturated heterocycles. The number of H-pyrrole nitrogens is 1. The number of aromatic nitrogens is 2. The Morgan fingerprint density at radius 3 is 2.75 bits per heavy atom. The van der Waals surface area contributed by atoms with Gasteiger partial charge in [-0.05, 0) is 6.07 Å². The number of benzene rings is 1. The summed E-state index contributed by atoms with van der Waals surface area (Å²) in [4.78, 5) is 11.5. The topological polar surface area (TPSA) is 45.8 Å². The first-order valence-electron chi connectivity index (χ1n) is 5.25. The van der Waals surface area contributed by atoms with Crippen LogP contribution in [0.5, 0.6) is 0 Å². The van der Waals surface area contributed by atoms with Crippen LogP contribution in [0, 0.1) is 11.8 Å². The second kappa shape index (κ2) is 4.63. The van der Waals surface area contributed by atoms with Crippen LogP contribution in [0.2, 0.25) is 0 Å². The first-order valence-corrected chi connectivity index (χ1v) is 5.25. The van der Waals surface area contributed by atoms with Gasteiger partial charge >= 0.3 is 0 Å². The molecule has 0 unspecified atom stereocenters. The lowest BCUT2D eigenvalue weighted by Crippen LogP contribution is -2.10. The Hall–Kier alpha value is -2.08. The molecule has 0 atom stereocenters. The van der Waals surface area contributed by atoms with Gasteiger partial charge in [-0.3, -0.25) is 4.79 Å². The molecule has 0 aliphatic carbocycles. The van der Waals surface area contributed by atoms with Crippen LogP contribution in [0.1, 0.15) is 19.0 Å². The Bertz CT molecular complexity index is 617. The Kier molecular flexibility index (Phi) is 3.02.